The standard InChI is InChI=1S/C21H21FN6O2S/c1-13(29)25-15-5-6-16(17(22)10-15)18-12-31-21(26-18)27-19(30)14-4-2-9-28(11-14)20-23-7-3-8-24-20/h3,5-8,10,12,14H,2,4,9,11H2,1H3,(H,25,29)(H,26,27,30). The van der Waals surface area contributed by atoms with Crippen LogP contribution < -0.4 is 15.5 Å². The van der Waals surface area contributed by atoms with E-state index in [1.807, 2.05) is 4.90 Å². The first kappa shape index (κ1) is 20.9. The van der Waals surface area contributed by atoms with E-state index in [0.717, 1.165) is 19.4 Å². The van der Waals surface area contributed by atoms with E-state index in [1.165, 1.54) is 24.3 Å². The second-order valence-electron chi connectivity index (χ2n) is 7.24. The summed E-state index contributed by atoms with van der Waals surface area (Å²) in [5, 5.41) is 7.50. The van der Waals surface area contributed by atoms with Gasteiger partial charge in [-0.3, -0.25) is 9.59 Å². The minimum Gasteiger partial charge on any atom is -0.340 e. The highest BCUT2D eigenvalue weighted by Crippen LogP contribution is 2.29. The number of carbonyl (C=O) groups is 2. The topological polar surface area (TPSA) is 100 Å². The van der Waals surface area contributed by atoms with Crippen molar-refractivity contribution in [1.82, 2.24) is 15.0 Å². The molecule has 1 aromatic carbocycles. The Kier molecular flexibility index (Phi) is 6.17. The van der Waals surface area contributed by atoms with Gasteiger partial charge in [0, 0.05) is 49.0 Å². The minimum absolute atomic E-state index is 0.122. The van der Waals surface area contributed by atoms with Crippen LogP contribution in [0.2, 0.25) is 0 Å². The number of piperidine rings is 1. The summed E-state index contributed by atoms with van der Waals surface area (Å²) in [7, 11) is 0. The molecule has 1 aliphatic rings. The summed E-state index contributed by atoms with van der Waals surface area (Å²) in [6.45, 7) is 2.70. The summed E-state index contributed by atoms with van der Waals surface area (Å²) in [6, 6.07) is 6.17. The third kappa shape index (κ3) is 5.02. The number of nitrogens with zero attached hydrogens (tertiary/aromatic N) is 4. The Balaban J connectivity index is 1.42. The Morgan fingerprint density at radius 1 is 1.23 bits per heavy atom. The van der Waals surface area contributed by atoms with Crippen molar-refractivity contribution in [2.24, 2.45) is 5.92 Å². The molecule has 0 spiro atoms. The molecule has 1 saturated heterocycles. The zero-order valence-corrected chi connectivity index (χ0v) is 17.7. The maximum absolute atomic E-state index is 14.5. The highest BCUT2D eigenvalue weighted by Gasteiger charge is 2.27. The van der Waals surface area contributed by atoms with Crippen LogP contribution in [0.1, 0.15) is 19.8 Å². The van der Waals surface area contributed by atoms with Gasteiger partial charge < -0.3 is 15.5 Å². The van der Waals surface area contributed by atoms with Gasteiger partial charge in [0.1, 0.15) is 5.82 Å². The second-order valence-corrected chi connectivity index (χ2v) is 8.10. The lowest BCUT2D eigenvalue weighted by Gasteiger charge is -2.31. The number of nitrogens with one attached hydrogen (secondary N) is 2. The van der Waals surface area contributed by atoms with Gasteiger partial charge in [0.15, 0.2) is 5.13 Å². The lowest BCUT2D eigenvalue weighted by molar-refractivity contribution is -0.120. The van der Waals surface area contributed by atoms with E-state index in [2.05, 4.69) is 25.6 Å². The van der Waals surface area contributed by atoms with Crippen molar-refractivity contribution in [2.75, 3.05) is 28.6 Å². The molecule has 2 N–H and O–H groups in total. The summed E-state index contributed by atoms with van der Waals surface area (Å²) in [5.41, 5.74) is 1.10. The lowest BCUT2D eigenvalue weighted by Crippen LogP contribution is -2.41. The number of aromatic nitrogens is 3. The van der Waals surface area contributed by atoms with Crippen molar-refractivity contribution < 1.29 is 14.0 Å². The molecule has 1 atom stereocenters. The van der Waals surface area contributed by atoms with Crippen molar-refractivity contribution >= 4 is 39.9 Å². The largest absolute Gasteiger partial charge is 0.340 e. The number of halogens is 1. The molecule has 3 heterocycles. The van der Waals surface area contributed by atoms with E-state index >= 15 is 0 Å². The maximum Gasteiger partial charge on any atom is 0.231 e. The quantitative estimate of drug-likeness (QED) is 0.629. The molecule has 1 aliphatic heterocycles. The fraction of sp³-hybridized carbons (Fsp3) is 0.286. The number of thiazole rings is 1. The zero-order chi connectivity index (χ0) is 21.8. The molecule has 1 fully saturated rings. The molecule has 4 rings (SSSR count). The normalized spacial score (nSPS) is 16.1. The van der Waals surface area contributed by atoms with E-state index in [1.54, 1.807) is 36.0 Å². The first-order valence-electron chi connectivity index (χ1n) is 9.85. The number of hydrogen-bond donors (Lipinski definition) is 2. The van der Waals surface area contributed by atoms with Gasteiger partial charge in [-0.05, 0) is 37.1 Å². The van der Waals surface area contributed by atoms with Crippen LogP contribution in [0, 0.1) is 11.7 Å². The molecule has 31 heavy (non-hydrogen) atoms. The maximum atomic E-state index is 14.5. The van der Waals surface area contributed by atoms with E-state index in [0.29, 0.717) is 34.6 Å². The number of carbonyl (C=O) groups excluding carboxylic acids is 2. The van der Waals surface area contributed by atoms with Crippen LogP contribution in [0.15, 0.2) is 42.0 Å². The van der Waals surface area contributed by atoms with Crippen LogP contribution in [0.25, 0.3) is 11.3 Å². The molecule has 0 bridgehead atoms. The molecule has 2 amide bonds. The summed E-state index contributed by atoms with van der Waals surface area (Å²) in [6.07, 6.45) is 5.01. The number of rotatable bonds is 5. The predicted octanol–water partition coefficient (Wildman–Crippen LogP) is 3.55. The summed E-state index contributed by atoms with van der Waals surface area (Å²) >= 11 is 1.24. The lowest BCUT2D eigenvalue weighted by atomic mass is 9.97. The van der Waals surface area contributed by atoms with Crippen LogP contribution >= 0.6 is 11.3 Å². The monoisotopic (exact) mass is 440 g/mol. The molecule has 10 heteroatoms. The van der Waals surface area contributed by atoms with Crippen LogP contribution in [-0.2, 0) is 9.59 Å². The molecule has 8 nitrogen and oxygen atoms in total. The number of benzene rings is 1. The zero-order valence-electron chi connectivity index (χ0n) is 16.8. The van der Waals surface area contributed by atoms with Crippen molar-refractivity contribution in [3.05, 3.63) is 47.9 Å². The van der Waals surface area contributed by atoms with Crippen LogP contribution in [0.5, 0.6) is 0 Å². The van der Waals surface area contributed by atoms with E-state index in [9.17, 15) is 14.0 Å². The van der Waals surface area contributed by atoms with Crippen LogP contribution in [0.4, 0.5) is 21.2 Å². The van der Waals surface area contributed by atoms with Gasteiger partial charge in [0.2, 0.25) is 17.8 Å². The Morgan fingerprint density at radius 3 is 2.77 bits per heavy atom. The van der Waals surface area contributed by atoms with Gasteiger partial charge in [-0.25, -0.2) is 19.3 Å². The van der Waals surface area contributed by atoms with E-state index in [-0.39, 0.29) is 17.7 Å². The molecule has 3 aromatic rings. The van der Waals surface area contributed by atoms with Gasteiger partial charge in [-0.1, -0.05) is 0 Å². The SMILES string of the molecule is CC(=O)Nc1ccc(-c2csc(NC(=O)C3CCCN(c4ncccn4)C3)n2)c(F)c1. The molecule has 0 aliphatic carbocycles. The summed E-state index contributed by atoms with van der Waals surface area (Å²) in [4.78, 5) is 38.8. The van der Waals surface area contributed by atoms with Crippen LogP contribution in [-0.4, -0.2) is 39.9 Å². The second kappa shape index (κ2) is 9.17. The van der Waals surface area contributed by atoms with Crippen molar-refractivity contribution in [2.45, 2.75) is 19.8 Å². The molecular weight excluding hydrogens is 419 g/mol. The van der Waals surface area contributed by atoms with E-state index < -0.39 is 5.82 Å². The molecule has 0 radical (unpaired) electrons. The van der Waals surface area contributed by atoms with Gasteiger partial charge in [-0.2, -0.15) is 0 Å². The number of anilines is 3. The number of hydrogen-bond acceptors (Lipinski definition) is 7. The molecule has 0 saturated carbocycles. The first-order chi connectivity index (χ1) is 15.0. The van der Waals surface area contributed by atoms with Crippen molar-refractivity contribution in [3.63, 3.8) is 0 Å². The molecule has 2 aromatic heterocycles. The highest BCUT2D eigenvalue weighted by molar-refractivity contribution is 7.14. The number of amides is 2. The smallest absolute Gasteiger partial charge is 0.231 e. The Morgan fingerprint density at radius 2 is 2.03 bits per heavy atom. The van der Waals surface area contributed by atoms with E-state index in [4.69, 9.17) is 0 Å². The Labute approximate surface area is 182 Å². The fourth-order valence-corrected chi connectivity index (χ4v) is 4.21. The Bertz CT molecular complexity index is 1090. The predicted molar refractivity (Wildman–Crippen MR) is 117 cm³/mol. The van der Waals surface area contributed by atoms with Gasteiger partial charge in [0.05, 0.1) is 11.6 Å². The molecule has 160 valence electrons. The molecule has 1 unspecified atom stereocenters. The fourth-order valence-electron chi connectivity index (χ4n) is 3.49. The van der Waals surface area contributed by atoms with Crippen molar-refractivity contribution in [3.8, 4) is 11.3 Å². The van der Waals surface area contributed by atoms with Gasteiger partial charge >= 0.3 is 0 Å². The van der Waals surface area contributed by atoms with Gasteiger partial charge in [0.25, 0.3) is 0 Å². The highest BCUT2D eigenvalue weighted by atomic mass is 32.1. The third-order valence-corrected chi connectivity index (χ3v) is 5.68. The molecular formula is C21H21FN6O2S. The minimum atomic E-state index is -0.500. The van der Waals surface area contributed by atoms with Crippen LogP contribution in [0.3, 0.4) is 0 Å². The first-order valence-corrected chi connectivity index (χ1v) is 10.7. The summed E-state index contributed by atoms with van der Waals surface area (Å²) in [5.74, 6) is -0.484. The van der Waals surface area contributed by atoms with Gasteiger partial charge in [-0.15, -0.1) is 11.3 Å². The average molecular weight is 441 g/mol. The van der Waals surface area contributed by atoms with Crippen molar-refractivity contribution in [1.29, 1.82) is 0 Å². The third-order valence-electron chi connectivity index (χ3n) is 4.93. The average Bonchev–Trinajstić information content (AvgIpc) is 3.22. The Hall–Kier alpha value is -3.40. The summed E-state index contributed by atoms with van der Waals surface area (Å²) < 4.78 is 14.5.